The zero-order chi connectivity index (χ0) is 13.3. The maximum Gasteiger partial charge on any atom is 0.344 e. The van der Waals surface area contributed by atoms with Gasteiger partial charge in [-0.2, -0.15) is 0 Å². The van der Waals surface area contributed by atoms with Crippen LogP contribution in [0.25, 0.3) is 0 Å². The van der Waals surface area contributed by atoms with Crippen molar-refractivity contribution in [3.63, 3.8) is 0 Å². The van der Waals surface area contributed by atoms with Gasteiger partial charge in [0.2, 0.25) is 0 Å². The molecule has 0 saturated carbocycles. The van der Waals surface area contributed by atoms with Crippen LogP contribution in [0.15, 0.2) is 33.0 Å². The van der Waals surface area contributed by atoms with Crippen LogP contribution in [0.3, 0.4) is 0 Å². The third-order valence-corrected chi connectivity index (χ3v) is 3.37. The number of H-pyrrole nitrogens is 1. The summed E-state index contributed by atoms with van der Waals surface area (Å²) in [6.45, 7) is 3.72. The Kier molecular flexibility index (Phi) is 3.42. The number of anilines is 1. The average molecular weight is 268 g/mol. The second-order valence-electron chi connectivity index (χ2n) is 4.07. The Morgan fingerprint density at radius 1 is 1.50 bits per heavy atom. The number of nitrogens with zero attached hydrogens (tertiary/aromatic N) is 2. The van der Waals surface area contributed by atoms with E-state index in [1.54, 1.807) is 12.1 Å². The molecule has 1 heterocycles. The highest BCUT2D eigenvalue weighted by molar-refractivity contribution is 7.99. The molecule has 3 N–H and O–H groups in total. The molecule has 0 aliphatic rings. The van der Waals surface area contributed by atoms with Crippen LogP contribution in [0, 0.1) is 5.82 Å². The van der Waals surface area contributed by atoms with E-state index >= 15 is 0 Å². The number of benzene rings is 1. The fraction of sp³-hybridized carbons (Fsp3) is 0.273. The van der Waals surface area contributed by atoms with Crippen LogP contribution in [0.5, 0.6) is 0 Å². The van der Waals surface area contributed by atoms with Crippen LogP contribution in [0.2, 0.25) is 0 Å². The van der Waals surface area contributed by atoms with Crippen molar-refractivity contribution in [3.05, 3.63) is 34.5 Å². The van der Waals surface area contributed by atoms with E-state index in [0.717, 1.165) is 11.8 Å². The maximum absolute atomic E-state index is 13.6. The van der Waals surface area contributed by atoms with Gasteiger partial charge in [0.05, 0.1) is 4.90 Å². The minimum absolute atomic E-state index is 0.0457. The predicted molar refractivity (Wildman–Crippen MR) is 68.2 cm³/mol. The normalized spacial score (nSPS) is 11.1. The molecule has 0 saturated heterocycles. The lowest BCUT2D eigenvalue weighted by Gasteiger charge is -2.08. The highest BCUT2D eigenvalue weighted by Gasteiger charge is 2.14. The van der Waals surface area contributed by atoms with E-state index in [0.29, 0.717) is 15.7 Å². The number of halogens is 1. The number of aromatic nitrogens is 3. The van der Waals surface area contributed by atoms with E-state index in [-0.39, 0.29) is 11.7 Å². The Balaban J connectivity index is 2.37. The van der Waals surface area contributed by atoms with E-state index in [4.69, 9.17) is 5.73 Å². The largest absolute Gasteiger partial charge is 0.399 e. The Morgan fingerprint density at radius 2 is 2.22 bits per heavy atom. The third-order valence-electron chi connectivity index (χ3n) is 2.35. The first kappa shape index (κ1) is 12.7. The number of hydrogen-bond donors (Lipinski definition) is 2. The van der Waals surface area contributed by atoms with Gasteiger partial charge in [-0.15, -0.1) is 5.10 Å². The Labute approximate surface area is 107 Å². The maximum atomic E-state index is 13.6. The van der Waals surface area contributed by atoms with E-state index in [9.17, 15) is 9.18 Å². The summed E-state index contributed by atoms with van der Waals surface area (Å²) in [5.41, 5.74) is 5.54. The molecule has 0 unspecified atom stereocenters. The fourth-order valence-electron chi connectivity index (χ4n) is 1.52. The molecule has 0 amide bonds. The molecule has 5 nitrogen and oxygen atoms in total. The molecule has 0 fully saturated rings. The minimum Gasteiger partial charge on any atom is -0.399 e. The summed E-state index contributed by atoms with van der Waals surface area (Å²) in [6, 6.07) is 4.37. The molecule has 1 aromatic carbocycles. The number of rotatable bonds is 3. The Hall–Kier alpha value is -1.76. The lowest BCUT2D eigenvalue weighted by molar-refractivity contribution is 0.533. The fourth-order valence-corrected chi connectivity index (χ4v) is 2.49. The molecule has 2 aromatic rings. The topological polar surface area (TPSA) is 76.7 Å². The van der Waals surface area contributed by atoms with Crippen LogP contribution >= 0.6 is 11.8 Å². The first-order valence-corrected chi connectivity index (χ1v) is 6.20. The van der Waals surface area contributed by atoms with Crippen molar-refractivity contribution < 1.29 is 4.39 Å². The second kappa shape index (κ2) is 4.85. The standard InChI is InChI=1S/C11H13FN4OS/c1-6(2)16-10(17)14-15-11(16)18-9-4-3-7(13)5-8(9)12/h3-6H,13H2,1-2H3,(H,14,17). The van der Waals surface area contributed by atoms with Crippen molar-refractivity contribution in [1.29, 1.82) is 0 Å². The lowest BCUT2D eigenvalue weighted by atomic mass is 10.3. The minimum atomic E-state index is -0.425. The van der Waals surface area contributed by atoms with Gasteiger partial charge in [-0.3, -0.25) is 4.57 Å². The summed E-state index contributed by atoms with van der Waals surface area (Å²) in [5.74, 6) is -0.425. The van der Waals surface area contributed by atoms with Crippen LogP contribution in [-0.4, -0.2) is 14.8 Å². The first-order chi connectivity index (χ1) is 8.49. The lowest BCUT2D eigenvalue weighted by Crippen LogP contribution is -2.19. The molecule has 0 atom stereocenters. The summed E-state index contributed by atoms with van der Waals surface area (Å²) in [4.78, 5) is 11.9. The molecule has 0 aliphatic heterocycles. The molecule has 0 aliphatic carbocycles. The van der Waals surface area contributed by atoms with Crippen molar-refractivity contribution >= 4 is 17.4 Å². The zero-order valence-electron chi connectivity index (χ0n) is 9.98. The summed E-state index contributed by atoms with van der Waals surface area (Å²) in [7, 11) is 0. The Bertz CT molecular complexity index is 620. The highest BCUT2D eigenvalue weighted by Crippen LogP contribution is 2.29. The van der Waals surface area contributed by atoms with E-state index in [1.807, 2.05) is 13.8 Å². The van der Waals surface area contributed by atoms with Gasteiger partial charge in [-0.05, 0) is 43.8 Å². The average Bonchev–Trinajstić information content (AvgIpc) is 2.64. The first-order valence-electron chi connectivity index (χ1n) is 5.39. The van der Waals surface area contributed by atoms with Crippen LogP contribution in [-0.2, 0) is 0 Å². The number of hydrogen-bond acceptors (Lipinski definition) is 4. The molecule has 0 spiro atoms. The van der Waals surface area contributed by atoms with Crippen molar-refractivity contribution in [2.45, 2.75) is 29.9 Å². The molecule has 1 aromatic heterocycles. The van der Waals surface area contributed by atoms with Gasteiger partial charge in [0.15, 0.2) is 5.16 Å². The van der Waals surface area contributed by atoms with Gasteiger partial charge in [0.1, 0.15) is 5.82 Å². The summed E-state index contributed by atoms with van der Waals surface area (Å²) < 4.78 is 15.1. The van der Waals surface area contributed by atoms with E-state index in [1.165, 1.54) is 10.6 Å². The number of aromatic amines is 1. The quantitative estimate of drug-likeness (QED) is 0.835. The summed E-state index contributed by atoms with van der Waals surface area (Å²) in [5, 5.41) is 6.67. The molecule has 0 bridgehead atoms. The van der Waals surface area contributed by atoms with Crippen molar-refractivity contribution in [1.82, 2.24) is 14.8 Å². The van der Waals surface area contributed by atoms with Crippen molar-refractivity contribution in [3.8, 4) is 0 Å². The van der Waals surface area contributed by atoms with Crippen LogP contribution in [0.4, 0.5) is 10.1 Å². The third kappa shape index (κ3) is 2.40. The molecule has 96 valence electrons. The SMILES string of the molecule is CC(C)n1c(Sc2ccc(N)cc2F)n[nH]c1=O. The number of nitrogens with two attached hydrogens (primary N) is 1. The van der Waals surface area contributed by atoms with Crippen LogP contribution < -0.4 is 11.4 Å². The highest BCUT2D eigenvalue weighted by atomic mass is 32.2. The molecule has 0 radical (unpaired) electrons. The molecule has 7 heteroatoms. The van der Waals surface area contributed by atoms with Gasteiger partial charge in [0.25, 0.3) is 0 Å². The predicted octanol–water partition coefficient (Wildman–Crippen LogP) is 2.02. The zero-order valence-corrected chi connectivity index (χ0v) is 10.8. The van der Waals surface area contributed by atoms with E-state index < -0.39 is 5.82 Å². The van der Waals surface area contributed by atoms with Gasteiger partial charge in [-0.25, -0.2) is 14.3 Å². The van der Waals surface area contributed by atoms with Gasteiger partial charge < -0.3 is 5.73 Å². The van der Waals surface area contributed by atoms with Crippen molar-refractivity contribution in [2.24, 2.45) is 0 Å². The van der Waals surface area contributed by atoms with E-state index in [2.05, 4.69) is 10.2 Å². The van der Waals surface area contributed by atoms with Gasteiger partial charge in [0, 0.05) is 11.7 Å². The summed E-state index contributed by atoms with van der Waals surface area (Å²) in [6.07, 6.45) is 0. The number of nitrogens with one attached hydrogen (secondary N) is 1. The monoisotopic (exact) mass is 268 g/mol. The number of nitrogen functional groups attached to an aromatic ring is 1. The molecular weight excluding hydrogens is 255 g/mol. The molecule has 18 heavy (non-hydrogen) atoms. The molecule has 2 rings (SSSR count). The van der Waals surface area contributed by atoms with Gasteiger partial charge in [-0.1, -0.05) is 0 Å². The second-order valence-corrected chi connectivity index (χ2v) is 5.08. The molecular formula is C11H13FN4OS. The smallest absolute Gasteiger partial charge is 0.344 e. The Morgan fingerprint density at radius 3 is 2.83 bits per heavy atom. The van der Waals surface area contributed by atoms with Gasteiger partial charge >= 0.3 is 5.69 Å². The van der Waals surface area contributed by atoms with Crippen molar-refractivity contribution in [2.75, 3.05) is 5.73 Å². The summed E-state index contributed by atoms with van der Waals surface area (Å²) >= 11 is 1.09. The van der Waals surface area contributed by atoms with Crippen LogP contribution in [0.1, 0.15) is 19.9 Å².